The summed E-state index contributed by atoms with van der Waals surface area (Å²) >= 11 is 0. The van der Waals surface area contributed by atoms with Gasteiger partial charge in [-0.05, 0) is 37.1 Å². The minimum atomic E-state index is 0.364. The molecule has 0 saturated heterocycles. The summed E-state index contributed by atoms with van der Waals surface area (Å²) in [7, 11) is 0. The number of hydrogen-bond acceptors (Lipinski definition) is 2. The maximum atomic E-state index is 4.01. The summed E-state index contributed by atoms with van der Waals surface area (Å²) in [6.07, 6.45) is 3.66. The lowest BCUT2D eigenvalue weighted by molar-refractivity contribution is 0.574. The van der Waals surface area contributed by atoms with E-state index in [1.165, 1.54) is 16.7 Å². The monoisotopic (exact) mass is 226 g/mol. The molecule has 1 N–H and O–H groups in total. The van der Waals surface area contributed by atoms with Gasteiger partial charge in [-0.15, -0.1) is 0 Å². The molecule has 2 nitrogen and oxygen atoms in total. The van der Waals surface area contributed by atoms with Crippen LogP contribution in [0.15, 0.2) is 48.8 Å². The Morgan fingerprint density at radius 3 is 2.65 bits per heavy atom. The molecule has 0 bridgehead atoms. The van der Waals surface area contributed by atoms with E-state index < -0.39 is 0 Å². The van der Waals surface area contributed by atoms with E-state index in [0.717, 1.165) is 6.54 Å². The fraction of sp³-hybridized carbons (Fsp3) is 0.267. The van der Waals surface area contributed by atoms with Crippen LogP contribution in [0.3, 0.4) is 0 Å². The third kappa shape index (κ3) is 3.40. The van der Waals surface area contributed by atoms with Crippen LogP contribution in [-0.4, -0.2) is 4.98 Å². The summed E-state index contributed by atoms with van der Waals surface area (Å²) in [6.45, 7) is 5.19. The van der Waals surface area contributed by atoms with Gasteiger partial charge in [0.05, 0.1) is 0 Å². The smallest absolute Gasteiger partial charge is 0.0295 e. The average Bonchev–Trinajstić information content (AvgIpc) is 2.37. The lowest BCUT2D eigenvalue weighted by atomic mass is 10.1. The molecular weight excluding hydrogens is 208 g/mol. The maximum absolute atomic E-state index is 4.01. The Labute approximate surface area is 103 Å². The minimum Gasteiger partial charge on any atom is -0.306 e. The fourth-order valence-electron chi connectivity index (χ4n) is 1.83. The Bertz CT molecular complexity index is 465. The quantitative estimate of drug-likeness (QED) is 0.865. The van der Waals surface area contributed by atoms with Crippen molar-refractivity contribution in [3.8, 4) is 0 Å². The highest BCUT2D eigenvalue weighted by molar-refractivity contribution is 5.24. The van der Waals surface area contributed by atoms with E-state index >= 15 is 0 Å². The third-order valence-corrected chi connectivity index (χ3v) is 2.90. The van der Waals surface area contributed by atoms with Crippen LogP contribution in [0.2, 0.25) is 0 Å². The van der Waals surface area contributed by atoms with Gasteiger partial charge in [-0.25, -0.2) is 0 Å². The maximum Gasteiger partial charge on any atom is 0.0295 e. The highest BCUT2D eigenvalue weighted by atomic mass is 14.9. The molecule has 2 rings (SSSR count). The molecular formula is C15H18N2. The largest absolute Gasteiger partial charge is 0.306 e. The number of benzene rings is 1. The molecule has 17 heavy (non-hydrogen) atoms. The Morgan fingerprint density at radius 2 is 1.94 bits per heavy atom. The summed E-state index contributed by atoms with van der Waals surface area (Å²) in [5.74, 6) is 0. The number of aryl methyl sites for hydroxylation is 1. The van der Waals surface area contributed by atoms with Crippen molar-refractivity contribution in [2.75, 3.05) is 0 Å². The second kappa shape index (κ2) is 5.60. The number of nitrogens with zero attached hydrogens (tertiary/aromatic N) is 1. The predicted molar refractivity (Wildman–Crippen MR) is 70.7 cm³/mol. The van der Waals surface area contributed by atoms with Gasteiger partial charge >= 0.3 is 0 Å². The van der Waals surface area contributed by atoms with E-state index in [0.29, 0.717) is 6.04 Å². The van der Waals surface area contributed by atoms with Crippen LogP contribution in [0.25, 0.3) is 0 Å². The zero-order valence-corrected chi connectivity index (χ0v) is 10.4. The molecule has 2 aromatic rings. The van der Waals surface area contributed by atoms with Crippen molar-refractivity contribution in [1.29, 1.82) is 0 Å². The Kier molecular flexibility index (Phi) is 3.89. The van der Waals surface area contributed by atoms with Gasteiger partial charge in [0.15, 0.2) is 0 Å². The van der Waals surface area contributed by atoms with Crippen molar-refractivity contribution < 1.29 is 0 Å². The minimum absolute atomic E-state index is 0.364. The van der Waals surface area contributed by atoms with E-state index in [2.05, 4.69) is 48.4 Å². The molecule has 0 aliphatic heterocycles. The molecule has 0 fully saturated rings. The van der Waals surface area contributed by atoms with E-state index in [9.17, 15) is 0 Å². The first-order valence-electron chi connectivity index (χ1n) is 5.94. The molecule has 1 atom stereocenters. The molecule has 0 spiro atoms. The van der Waals surface area contributed by atoms with Gasteiger partial charge in [0, 0.05) is 25.0 Å². The molecule has 88 valence electrons. The van der Waals surface area contributed by atoms with Gasteiger partial charge in [0.1, 0.15) is 0 Å². The lowest BCUT2D eigenvalue weighted by Gasteiger charge is -2.14. The SMILES string of the molecule is Cc1cccc(C(C)NCc2ccncc2)c1. The van der Waals surface area contributed by atoms with E-state index in [1.54, 1.807) is 0 Å². The van der Waals surface area contributed by atoms with Crippen LogP contribution in [-0.2, 0) is 6.54 Å². The zero-order chi connectivity index (χ0) is 12.1. The molecule has 1 unspecified atom stereocenters. The summed E-state index contributed by atoms with van der Waals surface area (Å²) in [4.78, 5) is 4.01. The fourth-order valence-corrected chi connectivity index (χ4v) is 1.83. The second-order valence-corrected chi connectivity index (χ2v) is 4.37. The molecule has 1 aromatic carbocycles. The van der Waals surface area contributed by atoms with Crippen molar-refractivity contribution in [1.82, 2.24) is 10.3 Å². The Morgan fingerprint density at radius 1 is 1.18 bits per heavy atom. The second-order valence-electron chi connectivity index (χ2n) is 4.37. The number of hydrogen-bond donors (Lipinski definition) is 1. The van der Waals surface area contributed by atoms with Gasteiger partial charge in [-0.2, -0.15) is 0 Å². The molecule has 0 radical (unpaired) electrons. The normalized spacial score (nSPS) is 12.4. The number of rotatable bonds is 4. The van der Waals surface area contributed by atoms with Crippen molar-refractivity contribution in [3.05, 3.63) is 65.5 Å². The van der Waals surface area contributed by atoms with Gasteiger partial charge in [-0.3, -0.25) is 4.98 Å². The molecule has 1 aromatic heterocycles. The first kappa shape index (κ1) is 11.8. The molecule has 0 amide bonds. The number of nitrogens with one attached hydrogen (secondary N) is 1. The average molecular weight is 226 g/mol. The lowest BCUT2D eigenvalue weighted by Crippen LogP contribution is -2.18. The molecule has 2 heteroatoms. The molecule has 0 aliphatic carbocycles. The van der Waals surface area contributed by atoms with Crippen LogP contribution < -0.4 is 5.32 Å². The topological polar surface area (TPSA) is 24.9 Å². The van der Waals surface area contributed by atoms with Crippen molar-refractivity contribution in [3.63, 3.8) is 0 Å². The van der Waals surface area contributed by atoms with Gasteiger partial charge in [0.2, 0.25) is 0 Å². The highest BCUT2D eigenvalue weighted by Gasteiger charge is 2.04. The van der Waals surface area contributed by atoms with Crippen LogP contribution in [0, 0.1) is 6.92 Å². The van der Waals surface area contributed by atoms with E-state index in [4.69, 9.17) is 0 Å². The predicted octanol–water partition coefficient (Wildman–Crippen LogP) is 3.24. The van der Waals surface area contributed by atoms with Crippen LogP contribution in [0.1, 0.15) is 29.7 Å². The van der Waals surface area contributed by atoms with E-state index in [-0.39, 0.29) is 0 Å². The Hall–Kier alpha value is -1.67. The van der Waals surface area contributed by atoms with Gasteiger partial charge in [-0.1, -0.05) is 29.8 Å². The van der Waals surface area contributed by atoms with Crippen LogP contribution >= 0.6 is 0 Å². The van der Waals surface area contributed by atoms with Crippen molar-refractivity contribution >= 4 is 0 Å². The summed E-state index contributed by atoms with van der Waals surface area (Å²) < 4.78 is 0. The Balaban J connectivity index is 1.96. The summed E-state index contributed by atoms with van der Waals surface area (Å²) in [6, 6.07) is 13.1. The standard InChI is InChI=1S/C15H18N2/c1-12-4-3-5-15(10-12)13(2)17-11-14-6-8-16-9-7-14/h3-10,13,17H,11H2,1-2H3. The highest BCUT2D eigenvalue weighted by Crippen LogP contribution is 2.14. The molecule has 0 aliphatic rings. The summed E-state index contributed by atoms with van der Waals surface area (Å²) in [5.41, 5.74) is 3.90. The molecule has 0 saturated carbocycles. The van der Waals surface area contributed by atoms with Crippen molar-refractivity contribution in [2.45, 2.75) is 26.4 Å². The molecule has 1 heterocycles. The first-order chi connectivity index (χ1) is 8.25. The van der Waals surface area contributed by atoms with Crippen LogP contribution in [0.4, 0.5) is 0 Å². The van der Waals surface area contributed by atoms with Crippen LogP contribution in [0.5, 0.6) is 0 Å². The third-order valence-electron chi connectivity index (χ3n) is 2.90. The van der Waals surface area contributed by atoms with Gasteiger partial charge in [0.25, 0.3) is 0 Å². The zero-order valence-electron chi connectivity index (χ0n) is 10.4. The first-order valence-corrected chi connectivity index (χ1v) is 5.94. The van der Waals surface area contributed by atoms with Crippen molar-refractivity contribution in [2.24, 2.45) is 0 Å². The van der Waals surface area contributed by atoms with E-state index in [1.807, 2.05) is 24.5 Å². The number of aromatic nitrogens is 1. The summed E-state index contributed by atoms with van der Waals surface area (Å²) in [5, 5.41) is 3.51. The number of pyridine rings is 1. The van der Waals surface area contributed by atoms with Gasteiger partial charge < -0.3 is 5.32 Å².